The SMILES string of the molecule is CNc1nc(C)c(-c2ccnc(N(CNc3nc(C)c(-c4ccnc(Nc5cccc(CO)c5)n4)s3)c3cccc(CN)c3)n2)s1. The summed E-state index contributed by atoms with van der Waals surface area (Å²) in [5.41, 5.74) is 12.8. The number of benzene rings is 2. The minimum absolute atomic E-state index is 0.0387. The highest BCUT2D eigenvalue weighted by atomic mass is 32.1. The highest BCUT2D eigenvalue weighted by molar-refractivity contribution is 7.19. The molecule has 2 aromatic carbocycles. The number of anilines is 6. The molecule has 0 aliphatic carbocycles. The van der Waals surface area contributed by atoms with Crippen molar-refractivity contribution in [3.05, 3.63) is 95.6 Å². The predicted octanol–water partition coefficient (Wildman–Crippen LogP) is 6.07. The smallest absolute Gasteiger partial charge is 0.231 e. The van der Waals surface area contributed by atoms with Crippen LogP contribution in [0.2, 0.25) is 0 Å². The highest BCUT2D eigenvalue weighted by Crippen LogP contribution is 2.35. The van der Waals surface area contributed by atoms with Crippen molar-refractivity contribution < 1.29 is 5.11 Å². The zero-order valence-electron chi connectivity index (χ0n) is 25.5. The Labute approximate surface area is 274 Å². The van der Waals surface area contributed by atoms with Gasteiger partial charge in [0.25, 0.3) is 0 Å². The molecule has 14 heteroatoms. The summed E-state index contributed by atoms with van der Waals surface area (Å²) in [4.78, 5) is 32.0. The topological polar surface area (TPSA) is 163 Å². The van der Waals surface area contributed by atoms with Crippen LogP contribution in [0, 0.1) is 13.8 Å². The quantitative estimate of drug-likeness (QED) is 0.0972. The Morgan fingerprint density at radius 3 is 2.24 bits per heavy atom. The van der Waals surface area contributed by atoms with Crippen molar-refractivity contribution in [2.75, 3.05) is 34.6 Å². The standard InChI is InChI=1S/C32H33N11OS2/c1-19-28(45-31(34-3)38-19)26-11-13-36-30(42-26)43(24-9-5-6-21(15-24)16-33)18-37-32-39-20(2)27(46-32)25-10-12-35-29(41-25)40-23-8-4-7-22(14-23)17-44/h4-15,44H,16-18,33H2,1-3H3,(H,34,38)(H,37,39)(H,35,40,41). The molecular weight excluding hydrogens is 619 g/mol. The van der Waals surface area contributed by atoms with Gasteiger partial charge in [0, 0.05) is 37.4 Å². The third-order valence-electron chi connectivity index (χ3n) is 7.02. The van der Waals surface area contributed by atoms with Crippen molar-refractivity contribution in [3.63, 3.8) is 0 Å². The van der Waals surface area contributed by atoms with Gasteiger partial charge in [-0.15, -0.1) is 0 Å². The number of thiazole rings is 2. The molecule has 0 fully saturated rings. The van der Waals surface area contributed by atoms with E-state index in [0.717, 1.165) is 65.3 Å². The number of hydrogen-bond acceptors (Lipinski definition) is 14. The molecule has 6 rings (SSSR count). The maximum Gasteiger partial charge on any atom is 0.231 e. The normalized spacial score (nSPS) is 11.0. The van der Waals surface area contributed by atoms with E-state index in [-0.39, 0.29) is 6.61 Å². The molecule has 0 radical (unpaired) electrons. The number of aryl methyl sites for hydroxylation is 2. The van der Waals surface area contributed by atoms with Gasteiger partial charge in [0.1, 0.15) is 0 Å². The maximum absolute atomic E-state index is 9.47. The molecule has 4 aromatic heterocycles. The largest absolute Gasteiger partial charge is 0.392 e. The van der Waals surface area contributed by atoms with Crippen molar-refractivity contribution >= 4 is 56.2 Å². The molecule has 46 heavy (non-hydrogen) atoms. The molecule has 0 unspecified atom stereocenters. The minimum Gasteiger partial charge on any atom is -0.392 e. The predicted molar refractivity (Wildman–Crippen MR) is 186 cm³/mol. The van der Waals surface area contributed by atoms with E-state index in [4.69, 9.17) is 20.7 Å². The van der Waals surface area contributed by atoms with Gasteiger partial charge in [0.2, 0.25) is 11.9 Å². The van der Waals surface area contributed by atoms with Crippen molar-refractivity contribution in [1.82, 2.24) is 29.9 Å². The van der Waals surface area contributed by atoms with Crippen LogP contribution in [-0.2, 0) is 13.2 Å². The van der Waals surface area contributed by atoms with Crippen molar-refractivity contribution in [2.45, 2.75) is 27.0 Å². The van der Waals surface area contributed by atoms with E-state index in [1.54, 1.807) is 23.7 Å². The monoisotopic (exact) mass is 651 g/mol. The van der Waals surface area contributed by atoms with Crippen LogP contribution in [0.5, 0.6) is 0 Å². The molecule has 0 bridgehead atoms. The van der Waals surface area contributed by atoms with Gasteiger partial charge in [-0.05, 0) is 61.4 Å². The Balaban J connectivity index is 1.26. The lowest BCUT2D eigenvalue weighted by Crippen LogP contribution is -2.26. The summed E-state index contributed by atoms with van der Waals surface area (Å²) in [6.07, 6.45) is 3.48. The van der Waals surface area contributed by atoms with E-state index in [0.29, 0.717) is 25.1 Å². The van der Waals surface area contributed by atoms with Gasteiger partial charge in [-0.3, -0.25) is 4.90 Å². The van der Waals surface area contributed by atoms with E-state index in [1.165, 1.54) is 11.3 Å². The van der Waals surface area contributed by atoms with Crippen LogP contribution in [0.15, 0.2) is 73.1 Å². The van der Waals surface area contributed by atoms with Gasteiger partial charge in [-0.1, -0.05) is 46.9 Å². The summed E-state index contributed by atoms with van der Waals surface area (Å²) in [5, 5.41) is 20.9. The van der Waals surface area contributed by atoms with E-state index in [1.807, 2.05) is 86.5 Å². The van der Waals surface area contributed by atoms with E-state index >= 15 is 0 Å². The lowest BCUT2D eigenvalue weighted by molar-refractivity contribution is 0.282. The number of rotatable bonds is 12. The van der Waals surface area contributed by atoms with Gasteiger partial charge in [-0.2, -0.15) is 0 Å². The maximum atomic E-state index is 9.47. The summed E-state index contributed by atoms with van der Waals surface area (Å²) in [5.74, 6) is 0.985. The fourth-order valence-electron chi connectivity index (χ4n) is 4.75. The Bertz CT molecular complexity index is 1960. The molecule has 0 aliphatic rings. The molecule has 0 spiro atoms. The summed E-state index contributed by atoms with van der Waals surface area (Å²) < 4.78 is 0. The number of aliphatic hydroxyl groups excluding tert-OH is 1. The molecule has 0 amide bonds. The van der Waals surface area contributed by atoms with Crippen LogP contribution >= 0.6 is 22.7 Å². The third-order valence-corrected chi connectivity index (χ3v) is 9.36. The fourth-order valence-corrected chi connectivity index (χ4v) is 6.57. The molecule has 6 aromatic rings. The second kappa shape index (κ2) is 14.0. The molecule has 12 nitrogen and oxygen atoms in total. The molecule has 0 saturated heterocycles. The van der Waals surface area contributed by atoms with Crippen LogP contribution in [0.3, 0.4) is 0 Å². The van der Waals surface area contributed by atoms with Crippen molar-refractivity contribution in [3.8, 4) is 21.1 Å². The number of aliphatic hydroxyl groups is 1. The summed E-state index contributed by atoms with van der Waals surface area (Å²) >= 11 is 3.06. The van der Waals surface area contributed by atoms with Gasteiger partial charge in [0.05, 0.1) is 45.8 Å². The summed E-state index contributed by atoms with van der Waals surface area (Å²) in [7, 11) is 1.86. The minimum atomic E-state index is -0.0387. The zero-order valence-corrected chi connectivity index (χ0v) is 27.2. The Morgan fingerprint density at radius 1 is 0.804 bits per heavy atom. The number of hydrogen-bond donors (Lipinski definition) is 5. The average molecular weight is 652 g/mol. The van der Waals surface area contributed by atoms with Crippen molar-refractivity contribution in [2.24, 2.45) is 5.73 Å². The average Bonchev–Trinajstić information content (AvgIpc) is 3.66. The fraction of sp³-hybridized carbons (Fsp3) is 0.188. The Morgan fingerprint density at radius 2 is 1.50 bits per heavy atom. The van der Waals surface area contributed by atoms with Gasteiger partial charge in [0.15, 0.2) is 10.3 Å². The molecule has 0 saturated carbocycles. The molecule has 4 heterocycles. The molecule has 0 aliphatic heterocycles. The zero-order chi connectivity index (χ0) is 32.0. The molecular formula is C32H33N11OS2. The first-order valence-corrected chi connectivity index (χ1v) is 16.1. The van der Waals surface area contributed by atoms with E-state index in [9.17, 15) is 5.11 Å². The number of nitrogens with zero attached hydrogens (tertiary/aromatic N) is 7. The summed E-state index contributed by atoms with van der Waals surface area (Å²) in [6.45, 7) is 4.67. The molecule has 0 atom stereocenters. The van der Waals surface area contributed by atoms with Crippen molar-refractivity contribution in [1.29, 1.82) is 0 Å². The second-order valence-corrected chi connectivity index (χ2v) is 12.2. The molecule has 6 N–H and O–H groups in total. The van der Waals surface area contributed by atoms with E-state index in [2.05, 4.69) is 30.9 Å². The van der Waals surface area contributed by atoms with Gasteiger partial charge < -0.3 is 26.8 Å². The highest BCUT2D eigenvalue weighted by Gasteiger charge is 2.18. The first-order valence-electron chi connectivity index (χ1n) is 14.5. The Kier molecular flexibility index (Phi) is 9.40. The first kappa shape index (κ1) is 31.0. The lowest BCUT2D eigenvalue weighted by atomic mass is 10.2. The number of nitrogens with two attached hydrogens (primary N) is 1. The van der Waals surface area contributed by atoms with Crippen LogP contribution in [0.25, 0.3) is 21.1 Å². The summed E-state index contributed by atoms with van der Waals surface area (Å²) in [6, 6.07) is 19.3. The van der Waals surface area contributed by atoms with Crippen LogP contribution < -0.4 is 26.6 Å². The van der Waals surface area contributed by atoms with Gasteiger partial charge in [-0.25, -0.2) is 29.9 Å². The Hall–Kier alpha value is -5.02. The second-order valence-electron chi connectivity index (χ2n) is 10.2. The van der Waals surface area contributed by atoms with Crippen LogP contribution in [0.1, 0.15) is 22.5 Å². The first-order chi connectivity index (χ1) is 22.4. The van der Waals surface area contributed by atoms with Gasteiger partial charge >= 0.3 is 0 Å². The number of nitrogens with one attached hydrogen (secondary N) is 3. The lowest BCUT2D eigenvalue weighted by Gasteiger charge is -2.24. The third kappa shape index (κ3) is 6.94. The van der Waals surface area contributed by atoms with Crippen LogP contribution in [0.4, 0.5) is 33.5 Å². The van der Waals surface area contributed by atoms with E-state index < -0.39 is 0 Å². The van der Waals surface area contributed by atoms with Crippen LogP contribution in [-0.4, -0.2) is 48.7 Å². The molecule has 234 valence electrons. The number of aromatic nitrogens is 6.